The summed E-state index contributed by atoms with van der Waals surface area (Å²) in [6, 6.07) is 21.8. The second-order valence-corrected chi connectivity index (χ2v) is 12.3. The molecule has 0 fully saturated rings. The summed E-state index contributed by atoms with van der Waals surface area (Å²) in [5, 5.41) is 4.89. The monoisotopic (exact) mass is 613 g/mol. The highest BCUT2D eigenvalue weighted by Crippen LogP contribution is 2.19. The number of sulfonamides is 1. The summed E-state index contributed by atoms with van der Waals surface area (Å²) in [7, 11) is -3.84. The van der Waals surface area contributed by atoms with E-state index in [0.717, 1.165) is 16.3 Å². The standard InChI is InChI=1S/C32H43N3O7S/c1-5-40-31(41-6-2)21-35(20-26-16-17-27-14-10-11-15-28(27)19-26)32(37)29(18-24(3)4)33-30(36)22-42-34-43(38,39)23-25-12-8-7-9-13-25/h7-17,19,24,29,31,34H,5-6,18,20-23H2,1-4H3,(H,33,36). The fourth-order valence-electron chi connectivity index (χ4n) is 4.65. The van der Waals surface area contributed by atoms with Crippen LogP contribution in [0.4, 0.5) is 0 Å². The molecule has 3 aromatic carbocycles. The number of nitrogens with zero attached hydrogens (tertiary/aromatic N) is 1. The smallest absolute Gasteiger partial charge is 0.248 e. The van der Waals surface area contributed by atoms with Crippen LogP contribution in [0.5, 0.6) is 0 Å². The van der Waals surface area contributed by atoms with Crippen molar-refractivity contribution in [1.82, 2.24) is 15.1 Å². The number of carbonyl (C=O) groups excluding carboxylic acids is 2. The first-order valence-corrected chi connectivity index (χ1v) is 16.2. The first-order chi connectivity index (χ1) is 20.6. The quantitative estimate of drug-likeness (QED) is 0.163. The maximum atomic E-state index is 14.0. The Morgan fingerprint density at radius 2 is 1.51 bits per heavy atom. The lowest BCUT2D eigenvalue weighted by Gasteiger charge is -2.31. The van der Waals surface area contributed by atoms with Gasteiger partial charge in [0.1, 0.15) is 12.6 Å². The third kappa shape index (κ3) is 11.7. The van der Waals surface area contributed by atoms with Crippen LogP contribution in [0, 0.1) is 5.92 Å². The van der Waals surface area contributed by atoms with Crippen LogP contribution >= 0.6 is 0 Å². The summed E-state index contributed by atoms with van der Waals surface area (Å²) in [5.41, 5.74) is 1.50. The summed E-state index contributed by atoms with van der Waals surface area (Å²) in [4.78, 5) is 35.5. The molecule has 3 aromatic rings. The van der Waals surface area contributed by atoms with Crippen molar-refractivity contribution in [2.75, 3.05) is 26.4 Å². The minimum Gasteiger partial charge on any atom is -0.351 e. The molecule has 0 radical (unpaired) electrons. The molecule has 10 nitrogen and oxygen atoms in total. The summed E-state index contributed by atoms with van der Waals surface area (Å²) < 4.78 is 36.2. The Balaban J connectivity index is 1.72. The number of nitrogens with one attached hydrogen (secondary N) is 2. The molecule has 1 unspecified atom stereocenters. The van der Waals surface area contributed by atoms with Gasteiger partial charge in [-0.2, -0.15) is 0 Å². The van der Waals surface area contributed by atoms with Crippen LogP contribution in [0.25, 0.3) is 10.8 Å². The third-order valence-corrected chi connectivity index (χ3v) is 7.59. The minimum atomic E-state index is -3.84. The molecule has 2 N–H and O–H groups in total. The van der Waals surface area contributed by atoms with E-state index in [9.17, 15) is 18.0 Å². The van der Waals surface area contributed by atoms with Crippen LogP contribution in [0.15, 0.2) is 72.8 Å². The zero-order valence-electron chi connectivity index (χ0n) is 25.3. The summed E-state index contributed by atoms with van der Waals surface area (Å²) in [6.07, 6.45) is -0.274. The van der Waals surface area contributed by atoms with Crippen molar-refractivity contribution in [3.05, 3.63) is 83.9 Å². The van der Waals surface area contributed by atoms with Gasteiger partial charge < -0.3 is 19.7 Å². The number of ether oxygens (including phenoxy) is 2. The van der Waals surface area contributed by atoms with Crippen molar-refractivity contribution in [1.29, 1.82) is 0 Å². The predicted octanol–water partition coefficient (Wildman–Crippen LogP) is 4.15. The van der Waals surface area contributed by atoms with Crippen LogP contribution in [0.3, 0.4) is 0 Å². The Morgan fingerprint density at radius 3 is 2.16 bits per heavy atom. The van der Waals surface area contributed by atoms with Crippen molar-refractivity contribution in [3.63, 3.8) is 0 Å². The Morgan fingerprint density at radius 1 is 0.860 bits per heavy atom. The van der Waals surface area contributed by atoms with Crippen molar-refractivity contribution in [2.24, 2.45) is 5.92 Å². The van der Waals surface area contributed by atoms with Crippen molar-refractivity contribution in [2.45, 2.75) is 58.7 Å². The molecular weight excluding hydrogens is 570 g/mol. The Hall–Kier alpha value is -3.35. The highest BCUT2D eigenvalue weighted by Gasteiger charge is 2.29. The molecule has 0 bridgehead atoms. The molecule has 0 aliphatic carbocycles. The van der Waals surface area contributed by atoms with E-state index >= 15 is 0 Å². The van der Waals surface area contributed by atoms with Gasteiger partial charge in [0.05, 0.1) is 12.3 Å². The van der Waals surface area contributed by atoms with Crippen molar-refractivity contribution in [3.8, 4) is 0 Å². The Labute approximate surface area is 254 Å². The van der Waals surface area contributed by atoms with Gasteiger partial charge in [-0.3, -0.25) is 14.4 Å². The van der Waals surface area contributed by atoms with Gasteiger partial charge in [0, 0.05) is 19.8 Å². The van der Waals surface area contributed by atoms with E-state index in [-0.39, 0.29) is 30.7 Å². The average molecular weight is 614 g/mol. The number of rotatable bonds is 18. The molecule has 0 aliphatic rings. The first kappa shape index (κ1) is 34.1. The van der Waals surface area contributed by atoms with Crippen LogP contribution in [-0.2, 0) is 46.2 Å². The van der Waals surface area contributed by atoms with Crippen LogP contribution in [-0.4, -0.2) is 63.8 Å². The molecule has 0 saturated carbocycles. The molecule has 0 aliphatic heterocycles. The Bertz CT molecular complexity index is 1410. The van der Waals surface area contributed by atoms with Gasteiger partial charge in [-0.05, 0) is 54.2 Å². The van der Waals surface area contributed by atoms with Gasteiger partial charge >= 0.3 is 0 Å². The summed E-state index contributed by atoms with van der Waals surface area (Å²) >= 11 is 0. The van der Waals surface area contributed by atoms with Crippen molar-refractivity contribution < 1.29 is 32.3 Å². The number of fused-ring (bicyclic) bond motifs is 1. The van der Waals surface area contributed by atoms with Gasteiger partial charge in [0.2, 0.25) is 21.8 Å². The highest BCUT2D eigenvalue weighted by molar-refractivity contribution is 7.88. The van der Waals surface area contributed by atoms with Gasteiger partial charge in [-0.1, -0.05) is 85.5 Å². The Kier molecular flexibility index (Phi) is 13.6. The fraction of sp³-hybridized carbons (Fsp3) is 0.438. The topological polar surface area (TPSA) is 123 Å². The van der Waals surface area contributed by atoms with E-state index in [1.54, 1.807) is 35.2 Å². The van der Waals surface area contributed by atoms with E-state index in [1.807, 2.05) is 75.0 Å². The van der Waals surface area contributed by atoms with Crippen LogP contribution in [0.1, 0.15) is 45.2 Å². The number of benzene rings is 3. The molecule has 1 atom stereocenters. The predicted molar refractivity (Wildman–Crippen MR) is 166 cm³/mol. The number of hydrogen-bond acceptors (Lipinski definition) is 7. The zero-order chi connectivity index (χ0) is 31.2. The molecule has 2 amide bonds. The van der Waals surface area contributed by atoms with Gasteiger partial charge in [-0.25, -0.2) is 8.42 Å². The van der Waals surface area contributed by atoms with E-state index in [4.69, 9.17) is 14.3 Å². The first-order valence-electron chi connectivity index (χ1n) is 14.5. The molecule has 11 heteroatoms. The zero-order valence-corrected chi connectivity index (χ0v) is 26.1. The highest BCUT2D eigenvalue weighted by atomic mass is 32.2. The van der Waals surface area contributed by atoms with E-state index in [0.29, 0.717) is 25.2 Å². The van der Waals surface area contributed by atoms with E-state index < -0.39 is 34.9 Å². The molecule has 0 saturated heterocycles. The lowest BCUT2D eigenvalue weighted by molar-refractivity contribution is -0.161. The number of hydrogen-bond donors (Lipinski definition) is 2. The second kappa shape index (κ2) is 17.1. The SMILES string of the molecule is CCOC(CN(Cc1ccc2ccccc2c1)C(=O)C(CC(C)C)NC(=O)CONS(=O)(=O)Cc1ccccc1)OCC. The molecular formula is C32H43N3O7S. The fourth-order valence-corrected chi connectivity index (χ4v) is 5.58. The average Bonchev–Trinajstić information content (AvgIpc) is 2.96. The largest absolute Gasteiger partial charge is 0.351 e. The van der Waals surface area contributed by atoms with Gasteiger partial charge in [0.15, 0.2) is 6.29 Å². The normalized spacial score (nSPS) is 12.5. The third-order valence-electron chi connectivity index (χ3n) is 6.50. The molecule has 234 valence electrons. The second-order valence-electron chi connectivity index (χ2n) is 10.6. The van der Waals surface area contributed by atoms with Crippen LogP contribution in [0.2, 0.25) is 0 Å². The summed E-state index contributed by atoms with van der Waals surface area (Å²) in [6.45, 7) is 8.29. The van der Waals surface area contributed by atoms with E-state index in [1.165, 1.54) is 0 Å². The number of carbonyl (C=O) groups is 2. The molecule has 0 aromatic heterocycles. The molecule has 0 heterocycles. The maximum absolute atomic E-state index is 14.0. The lowest BCUT2D eigenvalue weighted by Crippen LogP contribution is -2.52. The molecule has 3 rings (SSSR count). The number of amides is 2. The van der Waals surface area contributed by atoms with Crippen molar-refractivity contribution >= 4 is 32.6 Å². The molecule has 43 heavy (non-hydrogen) atoms. The van der Waals surface area contributed by atoms with E-state index in [2.05, 4.69) is 5.32 Å². The maximum Gasteiger partial charge on any atom is 0.248 e. The van der Waals surface area contributed by atoms with Gasteiger partial charge in [-0.15, -0.1) is 0 Å². The lowest BCUT2D eigenvalue weighted by atomic mass is 10.0. The van der Waals surface area contributed by atoms with Gasteiger partial charge in [0.25, 0.3) is 0 Å². The molecule has 0 spiro atoms. The minimum absolute atomic E-state index is 0.0802. The summed E-state index contributed by atoms with van der Waals surface area (Å²) in [5.74, 6) is -1.15. The van der Waals surface area contributed by atoms with Crippen LogP contribution < -0.4 is 10.2 Å².